The summed E-state index contributed by atoms with van der Waals surface area (Å²) >= 11 is 0. The van der Waals surface area contributed by atoms with Crippen LogP contribution in [0, 0.1) is 0 Å². The summed E-state index contributed by atoms with van der Waals surface area (Å²) < 4.78 is 5.00. The number of nitrogens with two attached hydrogens (primary N) is 1. The first-order valence-corrected chi connectivity index (χ1v) is 4.77. The molecule has 1 heterocycles. The predicted molar refractivity (Wildman–Crippen MR) is 57.7 cm³/mol. The van der Waals surface area contributed by atoms with Crippen LogP contribution >= 0.6 is 0 Å². The molecule has 82 valence electrons. The SMILES string of the molecule is COc1ncccc1NC(=O)CCCN. The van der Waals surface area contributed by atoms with Gasteiger partial charge < -0.3 is 15.8 Å². The second kappa shape index (κ2) is 5.98. The van der Waals surface area contributed by atoms with Crippen molar-refractivity contribution in [2.75, 3.05) is 19.0 Å². The van der Waals surface area contributed by atoms with Crippen molar-refractivity contribution in [1.29, 1.82) is 0 Å². The first kappa shape index (κ1) is 11.5. The summed E-state index contributed by atoms with van der Waals surface area (Å²) in [4.78, 5) is 15.4. The first-order chi connectivity index (χ1) is 7.27. The van der Waals surface area contributed by atoms with E-state index in [1.54, 1.807) is 18.3 Å². The summed E-state index contributed by atoms with van der Waals surface area (Å²) in [6.45, 7) is 0.512. The Balaban J connectivity index is 2.59. The van der Waals surface area contributed by atoms with Gasteiger partial charge in [0.2, 0.25) is 11.8 Å². The lowest BCUT2D eigenvalue weighted by Crippen LogP contribution is -2.14. The minimum absolute atomic E-state index is 0.0771. The number of carbonyl (C=O) groups is 1. The molecular formula is C10H15N3O2. The Morgan fingerprint density at radius 1 is 1.67 bits per heavy atom. The molecule has 1 aromatic rings. The van der Waals surface area contributed by atoms with Crippen molar-refractivity contribution in [1.82, 2.24) is 4.98 Å². The topological polar surface area (TPSA) is 77.2 Å². The van der Waals surface area contributed by atoms with Crippen LogP contribution in [0.15, 0.2) is 18.3 Å². The number of carbonyl (C=O) groups excluding carboxylic acids is 1. The van der Waals surface area contributed by atoms with E-state index in [0.29, 0.717) is 31.0 Å². The standard InChI is InChI=1S/C10H15N3O2/c1-15-10-8(4-3-7-12-10)13-9(14)5-2-6-11/h3-4,7H,2,5-6,11H2,1H3,(H,13,14). The van der Waals surface area contributed by atoms with E-state index >= 15 is 0 Å². The molecule has 0 bridgehead atoms. The van der Waals surface area contributed by atoms with Crippen LogP contribution in [-0.4, -0.2) is 24.5 Å². The molecule has 0 saturated carbocycles. The van der Waals surface area contributed by atoms with Gasteiger partial charge in [0, 0.05) is 12.6 Å². The molecule has 5 heteroatoms. The quantitative estimate of drug-likeness (QED) is 0.750. The van der Waals surface area contributed by atoms with Gasteiger partial charge in [0.05, 0.1) is 7.11 Å². The molecule has 3 N–H and O–H groups in total. The Bertz CT molecular complexity index is 328. The van der Waals surface area contributed by atoms with Crippen LogP contribution in [0.2, 0.25) is 0 Å². The second-order valence-corrected chi connectivity index (χ2v) is 3.00. The number of rotatable bonds is 5. The Morgan fingerprint density at radius 3 is 3.13 bits per heavy atom. The fraction of sp³-hybridized carbons (Fsp3) is 0.400. The Labute approximate surface area is 88.6 Å². The van der Waals surface area contributed by atoms with Crippen molar-refractivity contribution in [3.8, 4) is 5.88 Å². The summed E-state index contributed by atoms with van der Waals surface area (Å²) in [6.07, 6.45) is 2.69. The maximum Gasteiger partial charge on any atom is 0.237 e. The summed E-state index contributed by atoms with van der Waals surface area (Å²) in [5, 5.41) is 2.71. The fourth-order valence-electron chi connectivity index (χ4n) is 1.12. The van der Waals surface area contributed by atoms with Gasteiger partial charge in [0.1, 0.15) is 5.69 Å². The van der Waals surface area contributed by atoms with Crippen molar-refractivity contribution in [2.24, 2.45) is 5.73 Å². The van der Waals surface area contributed by atoms with Gasteiger partial charge in [-0.25, -0.2) is 4.98 Å². The van der Waals surface area contributed by atoms with Crippen LogP contribution in [-0.2, 0) is 4.79 Å². The van der Waals surface area contributed by atoms with E-state index < -0.39 is 0 Å². The lowest BCUT2D eigenvalue weighted by Gasteiger charge is -2.07. The zero-order valence-electron chi connectivity index (χ0n) is 8.69. The summed E-state index contributed by atoms with van der Waals surface area (Å²) in [7, 11) is 1.51. The van der Waals surface area contributed by atoms with E-state index in [4.69, 9.17) is 10.5 Å². The molecule has 0 aliphatic rings. The minimum atomic E-state index is -0.0771. The van der Waals surface area contributed by atoms with Gasteiger partial charge in [-0.2, -0.15) is 0 Å². The highest BCUT2D eigenvalue weighted by molar-refractivity contribution is 5.91. The molecule has 0 spiro atoms. The monoisotopic (exact) mass is 209 g/mol. The van der Waals surface area contributed by atoms with Crippen molar-refractivity contribution in [3.05, 3.63) is 18.3 Å². The summed E-state index contributed by atoms with van der Waals surface area (Å²) in [5.74, 6) is 0.338. The van der Waals surface area contributed by atoms with Crippen LogP contribution < -0.4 is 15.8 Å². The smallest absolute Gasteiger partial charge is 0.237 e. The van der Waals surface area contributed by atoms with E-state index in [2.05, 4.69) is 10.3 Å². The molecule has 1 amide bonds. The number of hydrogen-bond acceptors (Lipinski definition) is 4. The number of methoxy groups -OCH3 is 1. The lowest BCUT2D eigenvalue weighted by atomic mass is 10.3. The minimum Gasteiger partial charge on any atom is -0.480 e. The number of hydrogen-bond donors (Lipinski definition) is 2. The van der Waals surface area contributed by atoms with E-state index in [1.807, 2.05) is 0 Å². The normalized spacial score (nSPS) is 9.73. The summed E-state index contributed by atoms with van der Waals surface area (Å²) in [6, 6.07) is 3.48. The highest BCUT2D eigenvalue weighted by Crippen LogP contribution is 2.19. The van der Waals surface area contributed by atoms with Gasteiger partial charge in [-0.15, -0.1) is 0 Å². The zero-order chi connectivity index (χ0) is 11.1. The molecular weight excluding hydrogens is 194 g/mol. The van der Waals surface area contributed by atoms with Crippen LogP contribution in [0.4, 0.5) is 5.69 Å². The van der Waals surface area contributed by atoms with Crippen LogP contribution in [0.1, 0.15) is 12.8 Å². The highest BCUT2D eigenvalue weighted by Gasteiger charge is 2.06. The molecule has 1 aromatic heterocycles. The number of ether oxygens (including phenoxy) is 1. The maximum absolute atomic E-state index is 11.4. The average Bonchev–Trinajstić information content (AvgIpc) is 2.27. The number of anilines is 1. The number of pyridine rings is 1. The predicted octanol–water partition coefficient (Wildman–Crippen LogP) is 0.768. The lowest BCUT2D eigenvalue weighted by molar-refractivity contribution is -0.116. The van der Waals surface area contributed by atoms with Crippen molar-refractivity contribution in [3.63, 3.8) is 0 Å². The third kappa shape index (κ3) is 3.55. The van der Waals surface area contributed by atoms with Gasteiger partial charge in [-0.1, -0.05) is 0 Å². The third-order valence-electron chi connectivity index (χ3n) is 1.85. The van der Waals surface area contributed by atoms with Gasteiger partial charge in [0.15, 0.2) is 0 Å². The molecule has 0 atom stereocenters. The highest BCUT2D eigenvalue weighted by atomic mass is 16.5. The average molecular weight is 209 g/mol. The number of nitrogens with zero attached hydrogens (tertiary/aromatic N) is 1. The molecule has 1 rings (SSSR count). The van der Waals surface area contributed by atoms with Gasteiger partial charge >= 0.3 is 0 Å². The Kier molecular flexibility index (Phi) is 4.56. The van der Waals surface area contributed by atoms with Crippen LogP contribution in [0.3, 0.4) is 0 Å². The Hall–Kier alpha value is -1.62. The molecule has 0 fully saturated rings. The van der Waals surface area contributed by atoms with Crippen molar-refractivity contribution < 1.29 is 9.53 Å². The largest absolute Gasteiger partial charge is 0.480 e. The zero-order valence-corrected chi connectivity index (χ0v) is 8.69. The molecule has 0 saturated heterocycles. The molecule has 0 aliphatic heterocycles. The molecule has 15 heavy (non-hydrogen) atoms. The van der Waals surface area contributed by atoms with E-state index in [0.717, 1.165) is 0 Å². The van der Waals surface area contributed by atoms with Gasteiger partial charge in [-0.3, -0.25) is 4.79 Å². The molecule has 0 unspecified atom stereocenters. The molecule has 5 nitrogen and oxygen atoms in total. The fourth-order valence-corrected chi connectivity index (χ4v) is 1.12. The van der Waals surface area contributed by atoms with Crippen LogP contribution in [0.25, 0.3) is 0 Å². The third-order valence-corrected chi connectivity index (χ3v) is 1.85. The van der Waals surface area contributed by atoms with Crippen molar-refractivity contribution in [2.45, 2.75) is 12.8 Å². The van der Waals surface area contributed by atoms with Gasteiger partial charge in [-0.05, 0) is 25.1 Å². The molecule has 0 radical (unpaired) electrons. The maximum atomic E-state index is 11.4. The summed E-state index contributed by atoms with van der Waals surface area (Å²) in [5.41, 5.74) is 5.89. The van der Waals surface area contributed by atoms with Crippen LogP contribution in [0.5, 0.6) is 5.88 Å². The Morgan fingerprint density at radius 2 is 2.47 bits per heavy atom. The second-order valence-electron chi connectivity index (χ2n) is 3.00. The van der Waals surface area contributed by atoms with E-state index in [1.165, 1.54) is 7.11 Å². The molecule has 0 aromatic carbocycles. The van der Waals surface area contributed by atoms with E-state index in [-0.39, 0.29) is 5.91 Å². The first-order valence-electron chi connectivity index (χ1n) is 4.77. The van der Waals surface area contributed by atoms with E-state index in [9.17, 15) is 4.79 Å². The van der Waals surface area contributed by atoms with Gasteiger partial charge in [0.25, 0.3) is 0 Å². The number of nitrogens with one attached hydrogen (secondary N) is 1. The van der Waals surface area contributed by atoms with Crippen molar-refractivity contribution >= 4 is 11.6 Å². The number of amides is 1. The number of aromatic nitrogens is 1. The molecule has 0 aliphatic carbocycles.